The summed E-state index contributed by atoms with van der Waals surface area (Å²) < 4.78 is 0. The predicted molar refractivity (Wildman–Crippen MR) is 129 cm³/mol. The Labute approximate surface area is 187 Å². The van der Waals surface area contributed by atoms with Crippen molar-refractivity contribution in [1.29, 1.82) is 0 Å². The van der Waals surface area contributed by atoms with Gasteiger partial charge in [0.25, 0.3) is 0 Å². The maximum Gasteiger partial charge on any atom is 0.0346 e. The van der Waals surface area contributed by atoms with Gasteiger partial charge in [-0.2, -0.15) is 0 Å². The molecule has 4 aliphatic carbocycles. The van der Waals surface area contributed by atoms with Gasteiger partial charge in [0.05, 0.1) is 0 Å². The maximum atomic E-state index is 7.00. The molecule has 1 aromatic heterocycles. The summed E-state index contributed by atoms with van der Waals surface area (Å²) in [7, 11) is 1.00. The van der Waals surface area contributed by atoms with Crippen LogP contribution in [-0.2, 0) is 0 Å². The molecule has 2 fully saturated rings. The number of hydrogen-bond acceptors (Lipinski definition) is 2. The fraction of sp³-hybridized carbons (Fsp3) is 0.552. The van der Waals surface area contributed by atoms with Gasteiger partial charge in [-0.05, 0) is 109 Å². The van der Waals surface area contributed by atoms with Crippen molar-refractivity contribution in [3.8, 4) is 0 Å². The van der Waals surface area contributed by atoms with Gasteiger partial charge >= 0.3 is 0 Å². The van der Waals surface area contributed by atoms with E-state index in [0.717, 1.165) is 24.9 Å². The molecule has 0 amide bonds. The molecule has 2 nitrogen and oxygen atoms in total. The summed E-state index contributed by atoms with van der Waals surface area (Å²) in [5, 5.41) is 9.61. The fourth-order valence-electron chi connectivity index (χ4n) is 7.57. The number of aromatic nitrogens is 1. The molecule has 1 aromatic carbocycles. The number of rotatable bonds is 1. The number of allylic oxidation sites excluding steroid dienone is 4. The second-order valence-corrected chi connectivity index (χ2v) is 10.5. The Balaban J connectivity index is 0.000000994. The van der Waals surface area contributed by atoms with Gasteiger partial charge in [0, 0.05) is 24.9 Å². The molecule has 0 radical (unpaired) electrons. The van der Waals surface area contributed by atoms with E-state index < -0.39 is 0 Å². The van der Waals surface area contributed by atoms with Crippen LogP contribution in [-0.4, -0.2) is 17.2 Å². The molecule has 4 aliphatic rings. The van der Waals surface area contributed by atoms with E-state index in [1.54, 1.807) is 16.7 Å². The molecule has 2 saturated carbocycles. The first-order chi connectivity index (χ1) is 15.2. The summed E-state index contributed by atoms with van der Waals surface area (Å²) in [5.41, 5.74) is 5.48. The van der Waals surface area contributed by atoms with Gasteiger partial charge in [0.2, 0.25) is 0 Å². The van der Waals surface area contributed by atoms with Crippen molar-refractivity contribution < 1.29 is 5.11 Å². The second kappa shape index (κ2) is 8.54. The molecule has 31 heavy (non-hydrogen) atoms. The molecule has 5 unspecified atom stereocenters. The van der Waals surface area contributed by atoms with Crippen LogP contribution in [0.5, 0.6) is 0 Å². The Morgan fingerprint density at radius 2 is 1.87 bits per heavy atom. The van der Waals surface area contributed by atoms with Gasteiger partial charge in [0.15, 0.2) is 0 Å². The average Bonchev–Trinajstić information content (AvgIpc) is 3.05. The van der Waals surface area contributed by atoms with Gasteiger partial charge in [-0.25, -0.2) is 0 Å². The molecule has 0 saturated heterocycles. The molecule has 2 aromatic rings. The second-order valence-electron chi connectivity index (χ2n) is 10.5. The van der Waals surface area contributed by atoms with Crippen LogP contribution in [0.25, 0.3) is 10.8 Å². The smallest absolute Gasteiger partial charge is 0.0346 e. The van der Waals surface area contributed by atoms with E-state index in [4.69, 9.17) is 5.11 Å². The lowest BCUT2D eigenvalue weighted by Crippen LogP contribution is -2.35. The first kappa shape index (κ1) is 20.9. The number of aliphatic hydroxyl groups is 1. The van der Waals surface area contributed by atoms with E-state index in [2.05, 4.69) is 48.3 Å². The zero-order chi connectivity index (χ0) is 21.4. The lowest BCUT2D eigenvalue weighted by Gasteiger charge is -2.44. The number of fused-ring (bicyclic) bond motifs is 5. The molecule has 164 valence electrons. The van der Waals surface area contributed by atoms with E-state index in [0.29, 0.717) is 11.3 Å². The maximum absolute atomic E-state index is 7.00. The normalized spacial score (nSPS) is 34.3. The molecule has 6 rings (SSSR count). The van der Waals surface area contributed by atoms with Crippen LogP contribution in [0.2, 0.25) is 0 Å². The van der Waals surface area contributed by atoms with Gasteiger partial charge in [-0.15, -0.1) is 0 Å². The van der Waals surface area contributed by atoms with Crippen molar-refractivity contribution in [2.45, 2.75) is 70.6 Å². The first-order valence-corrected chi connectivity index (χ1v) is 12.4. The number of nitrogens with zero attached hydrogens (tertiary/aromatic N) is 1. The number of pyridine rings is 1. The molecule has 0 bridgehead atoms. The summed E-state index contributed by atoms with van der Waals surface area (Å²) in [4.78, 5) is 4.36. The van der Waals surface area contributed by atoms with Crippen molar-refractivity contribution >= 4 is 10.8 Å². The quantitative estimate of drug-likeness (QED) is 0.534. The fourth-order valence-corrected chi connectivity index (χ4v) is 7.57. The lowest BCUT2D eigenvalue weighted by molar-refractivity contribution is 0.137. The van der Waals surface area contributed by atoms with Crippen molar-refractivity contribution in [2.24, 2.45) is 23.2 Å². The van der Waals surface area contributed by atoms with E-state index >= 15 is 0 Å². The van der Waals surface area contributed by atoms with Crippen molar-refractivity contribution in [3.63, 3.8) is 0 Å². The Morgan fingerprint density at radius 1 is 0.968 bits per heavy atom. The molecule has 5 atom stereocenters. The van der Waals surface area contributed by atoms with E-state index in [9.17, 15) is 0 Å². The Kier molecular flexibility index (Phi) is 5.77. The Bertz CT molecular complexity index is 1000. The summed E-state index contributed by atoms with van der Waals surface area (Å²) >= 11 is 0. The van der Waals surface area contributed by atoms with Gasteiger partial charge in [0.1, 0.15) is 0 Å². The zero-order valence-electron chi connectivity index (χ0n) is 19.2. The summed E-state index contributed by atoms with van der Waals surface area (Å²) in [5.74, 6) is 3.24. The van der Waals surface area contributed by atoms with Crippen molar-refractivity contribution in [3.05, 3.63) is 65.5 Å². The summed E-state index contributed by atoms with van der Waals surface area (Å²) in [6, 6.07) is 9.28. The molecular weight excluding hydrogens is 378 g/mol. The summed E-state index contributed by atoms with van der Waals surface area (Å²) in [6.07, 6.45) is 21.8. The molecule has 2 heteroatoms. The van der Waals surface area contributed by atoms with Crippen LogP contribution in [0.3, 0.4) is 0 Å². The SMILES string of the molecule is CC12CC=C3C=C4CCCCC4CCC3C1CCC2c1ccc2ccncc2c1.CO. The van der Waals surface area contributed by atoms with Crippen LogP contribution < -0.4 is 0 Å². The Hall–Kier alpha value is -1.93. The molecule has 1 heterocycles. The molecule has 1 N–H and O–H groups in total. The minimum atomic E-state index is 0.415. The summed E-state index contributed by atoms with van der Waals surface area (Å²) in [6.45, 7) is 2.61. The average molecular weight is 416 g/mol. The van der Waals surface area contributed by atoms with Crippen LogP contribution in [0, 0.1) is 23.2 Å². The van der Waals surface area contributed by atoms with Crippen LogP contribution in [0.1, 0.15) is 76.2 Å². The number of benzene rings is 1. The third-order valence-corrected chi connectivity index (χ3v) is 9.14. The zero-order valence-corrected chi connectivity index (χ0v) is 19.2. The van der Waals surface area contributed by atoms with Crippen molar-refractivity contribution in [1.82, 2.24) is 4.98 Å². The highest BCUT2D eigenvalue weighted by Crippen LogP contribution is 2.62. The highest BCUT2D eigenvalue weighted by molar-refractivity contribution is 5.82. The van der Waals surface area contributed by atoms with Gasteiger partial charge in [-0.3, -0.25) is 4.98 Å². The lowest BCUT2D eigenvalue weighted by atomic mass is 9.60. The van der Waals surface area contributed by atoms with E-state index in [-0.39, 0.29) is 0 Å². The highest BCUT2D eigenvalue weighted by Gasteiger charge is 2.52. The molecule has 0 spiro atoms. The minimum Gasteiger partial charge on any atom is -0.400 e. The largest absolute Gasteiger partial charge is 0.400 e. The standard InChI is InChI=1S/C28H33N.CH4O/c1-28-14-12-22-16-21-5-3-2-4-19(21)8-9-25(22)27(28)11-10-26(28)23-7-6-20-13-15-29-18-24(20)17-23;1-2/h6-7,12-13,15-19,25-27H,2-5,8-11,14H2,1H3;2H,1H3. The third-order valence-electron chi connectivity index (χ3n) is 9.14. The van der Waals surface area contributed by atoms with Gasteiger partial charge in [-0.1, -0.05) is 43.2 Å². The predicted octanol–water partition coefficient (Wildman–Crippen LogP) is 7.20. The molecule has 0 aliphatic heterocycles. The van der Waals surface area contributed by atoms with Crippen LogP contribution >= 0.6 is 0 Å². The van der Waals surface area contributed by atoms with Crippen LogP contribution in [0.4, 0.5) is 0 Å². The van der Waals surface area contributed by atoms with Crippen molar-refractivity contribution in [2.75, 3.05) is 7.11 Å². The third kappa shape index (κ3) is 3.57. The van der Waals surface area contributed by atoms with Gasteiger partial charge < -0.3 is 5.11 Å². The topological polar surface area (TPSA) is 33.1 Å². The highest BCUT2D eigenvalue weighted by atomic mass is 16.2. The van der Waals surface area contributed by atoms with Crippen LogP contribution in [0.15, 0.2) is 60.0 Å². The first-order valence-electron chi connectivity index (χ1n) is 12.4. The minimum absolute atomic E-state index is 0.415. The van der Waals surface area contributed by atoms with E-state index in [1.807, 2.05) is 12.4 Å². The number of aliphatic hydroxyl groups excluding tert-OH is 1. The Morgan fingerprint density at radius 3 is 2.77 bits per heavy atom. The van der Waals surface area contributed by atoms with E-state index in [1.165, 1.54) is 68.6 Å². The molecular formula is C29H37NO. The monoisotopic (exact) mass is 415 g/mol. The number of hydrogen-bond donors (Lipinski definition) is 1.